The van der Waals surface area contributed by atoms with Crippen molar-refractivity contribution in [1.29, 1.82) is 0 Å². The number of anilines is 1. The van der Waals surface area contributed by atoms with Crippen molar-refractivity contribution < 1.29 is 9.47 Å². The second-order valence-electron chi connectivity index (χ2n) is 5.57. The van der Waals surface area contributed by atoms with Gasteiger partial charge in [-0.2, -0.15) is 0 Å². The number of hydrogen-bond acceptors (Lipinski definition) is 6. The summed E-state index contributed by atoms with van der Waals surface area (Å²) in [5, 5.41) is 0. The molecule has 0 N–H and O–H groups in total. The number of hydrogen-bond donors (Lipinski definition) is 0. The van der Waals surface area contributed by atoms with Crippen molar-refractivity contribution in [1.82, 2.24) is 15.0 Å². The summed E-state index contributed by atoms with van der Waals surface area (Å²) in [5.41, 5.74) is 0. The molecule has 3 atom stereocenters. The van der Waals surface area contributed by atoms with Gasteiger partial charge < -0.3 is 14.4 Å². The van der Waals surface area contributed by atoms with Crippen LogP contribution in [-0.2, 0) is 4.74 Å². The molecule has 0 aromatic carbocycles. The van der Waals surface area contributed by atoms with Gasteiger partial charge in [0.1, 0.15) is 24.4 Å². The molecule has 2 aromatic heterocycles. The van der Waals surface area contributed by atoms with Crippen LogP contribution in [0.5, 0.6) is 5.88 Å². The van der Waals surface area contributed by atoms with Crippen LogP contribution in [-0.4, -0.2) is 46.4 Å². The standard InChI is InChI=1S/C16H18N4O2/c1-2-7-18-15(3-1)22-13-5-4-12-16(13)21-10-9-20(12)14-6-8-17-11-19-14/h1-3,6-8,11-13,16H,4-5,9-10H2/t12-,13-,16+/m1/s1. The van der Waals surface area contributed by atoms with Crippen molar-refractivity contribution in [2.75, 3.05) is 18.1 Å². The van der Waals surface area contributed by atoms with E-state index in [4.69, 9.17) is 9.47 Å². The Kier molecular flexibility index (Phi) is 3.60. The summed E-state index contributed by atoms with van der Waals surface area (Å²) in [6.45, 7) is 1.54. The van der Waals surface area contributed by atoms with E-state index < -0.39 is 0 Å². The average Bonchev–Trinajstić information content (AvgIpc) is 3.00. The maximum absolute atomic E-state index is 6.03. The van der Waals surface area contributed by atoms with Crippen LogP contribution in [0.3, 0.4) is 0 Å². The predicted molar refractivity (Wildman–Crippen MR) is 80.8 cm³/mol. The first-order chi connectivity index (χ1) is 10.9. The van der Waals surface area contributed by atoms with Crippen LogP contribution in [0.15, 0.2) is 43.0 Å². The highest BCUT2D eigenvalue weighted by Crippen LogP contribution is 2.34. The number of nitrogens with zero attached hydrogens (tertiary/aromatic N) is 4. The molecule has 0 bridgehead atoms. The Balaban J connectivity index is 1.51. The Bertz CT molecular complexity index is 610. The largest absolute Gasteiger partial charge is 0.471 e. The zero-order valence-corrected chi connectivity index (χ0v) is 12.2. The van der Waals surface area contributed by atoms with Crippen LogP contribution in [0.25, 0.3) is 0 Å². The Morgan fingerprint density at radius 3 is 2.95 bits per heavy atom. The normalized spacial score (nSPS) is 27.5. The minimum atomic E-state index is 0.0459. The zero-order chi connectivity index (χ0) is 14.8. The average molecular weight is 298 g/mol. The first-order valence-electron chi connectivity index (χ1n) is 7.64. The lowest BCUT2D eigenvalue weighted by Crippen LogP contribution is -2.52. The quantitative estimate of drug-likeness (QED) is 0.859. The van der Waals surface area contributed by atoms with E-state index in [-0.39, 0.29) is 12.2 Å². The Morgan fingerprint density at radius 1 is 1.14 bits per heavy atom. The van der Waals surface area contributed by atoms with Gasteiger partial charge >= 0.3 is 0 Å². The Morgan fingerprint density at radius 2 is 2.14 bits per heavy atom. The van der Waals surface area contributed by atoms with E-state index in [0.717, 1.165) is 25.2 Å². The Labute approximate surface area is 129 Å². The van der Waals surface area contributed by atoms with Crippen molar-refractivity contribution in [3.05, 3.63) is 43.0 Å². The molecule has 1 saturated carbocycles. The minimum Gasteiger partial charge on any atom is -0.471 e. The number of morpholine rings is 1. The highest BCUT2D eigenvalue weighted by Gasteiger charge is 2.44. The summed E-state index contributed by atoms with van der Waals surface area (Å²) < 4.78 is 12.0. The van der Waals surface area contributed by atoms with Crippen LogP contribution in [0.1, 0.15) is 12.8 Å². The van der Waals surface area contributed by atoms with Gasteiger partial charge in [0, 0.05) is 25.0 Å². The predicted octanol–water partition coefficient (Wildman–Crippen LogP) is 1.69. The van der Waals surface area contributed by atoms with Crippen molar-refractivity contribution in [2.24, 2.45) is 0 Å². The lowest BCUT2D eigenvalue weighted by molar-refractivity contribution is -0.0320. The molecule has 2 aromatic rings. The molecule has 4 rings (SSSR count). The highest BCUT2D eigenvalue weighted by molar-refractivity contribution is 5.40. The smallest absolute Gasteiger partial charge is 0.213 e. The van der Waals surface area contributed by atoms with E-state index in [1.165, 1.54) is 0 Å². The van der Waals surface area contributed by atoms with Crippen LogP contribution >= 0.6 is 0 Å². The van der Waals surface area contributed by atoms with Gasteiger partial charge in [-0.3, -0.25) is 0 Å². The van der Waals surface area contributed by atoms with Gasteiger partial charge in [0.15, 0.2) is 0 Å². The minimum absolute atomic E-state index is 0.0459. The molecule has 1 aliphatic heterocycles. The van der Waals surface area contributed by atoms with E-state index in [1.54, 1.807) is 18.7 Å². The summed E-state index contributed by atoms with van der Waals surface area (Å²) >= 11 is 0. The second kappa shape index (κ2) is 5.88. The molecule has 0 amide bonds. The molecule has 6 heteroatoms. The monoisotopic (exact) mass is 298 g/mol. The molecule has 2 aliphatic rings. The number of aromatic nitrogens is 3. The summed E-state index contributed by atoms with van der Waals surface area (Å²) in [6.07, 6.45) is 7.23. The Hall–Kier alpha value is -2.21. The molecular formula is C16H18N4O2. The van der Waals surface area contributed by atoms with Crippen molar-refractivity contribution in [3.8, 4) is 5.88 Å². The number of ether oxygens (including phenoxy) is 2. The molecular weight excluding hydrogens is 280 g/mol. The van der Waals surface area contributed by atoms with Gasteiger partial charge in [0.05, 0.1) is 12.6 Å². The fourth-order valence-electron chi connectivity index (χ4n) is 3.35. The molecule has 22 heavy (non-hydrogen) atoms. The zero-order valence-electron chi connectivity index (χ0n) is 12.2. The van der Waals surface area contributed by atoms with Crippen molar-refractivity contribution >= 4 is 5.82 Å². The van der Waals surface area contributed by atoms with Crippen LogP contribution < -0.4 is 9.64 Å². The third-order valence-electron chi connectivity index (χ3n) is 4.31. The first kappa shape index (κ1) is 13.5. The van der Waals surface area contributed by atoms with Gasteiger partial charge in [-0.25, -0.2) is 15.0 Å². The van der Waals surface area contributed by atoms with Gasteiger partial charge in [-0.15, -0.1) is 0 Å². The lowest BCUT2D eigenvalue weighted by Gasteiger charge is -2.39. The third kappa shape index (κ3) is 2.50. The summed E-state index contributed by atoms with van der Waals surface area (Å²) in [4.78, 5) is 14.9. The van der Waals surface area contributed by atoms with Crippen LogP contribution in [0, 0.1) is 0 Å². The molecule has 3 heterocycles. The second-order valence-corrected chi connectivity index (χ2v) is 5.57. The van der Waals surface area contributed by atoms with Crippen molar-refractivity contribution in [2.45, 2.75) is 31.1 Å². The van der Waals surface area contributed by atoms with Crippen LogP contribution in [0.4, 0.5) is 5.82 Å². The molecule has 0 unspecified atom stereocenters. The molecule has 1 aliphatic carbocycles. The summed E-state index contributed by atoms with van der Waals surface area (Å²) in [7, 11) is 0. The fraction of sp³-hybridized carbons (Fsp3) is 0.438. The summed E-state index contributed by atoms with van der Waals surface area (Å²) in [5.74, 6) is 1.63. The highest BCUT2D eigenvalue weighted by atomic mass is 16.5. The van der Waals surface area contributed by atoms with E-state index >= 15 is 0 Å². The van der Waals surface area contributed by atoms with E-state index in [1.807, 2.05) is 24.3 Å². The number of fused-ring (bicyclic) bond motifs is 1. The summed E-state index contributed by atoms with van der Waals surface area (Å²) in [6, 6.07) is 7.97. The van der Waals surface area contributed by atoms with Crippen LogP contribution in [0.2, 0.25) is 0 Å². The molecule has 0 spiro atoms. The van der Waals surface area contributed by atoms with E-state index in [9.17, 15) is 0 Å². The number of rotatable bonds is 3. The molecule has 2 fully saturated rings. The van der Waals surface area contributed by atoms with Gasteiger partial charge in [-0.1, -0.05) is 6.07 Å². The first-order valence-corrected chi connectivity index (χ1v) is 7.64. The van der Waals surface area contributed by atoms with Gasteiger partial charge in [-0.05, 0) is 25.0 Å². The maximum atomic E-state index is 6.03. The molecule has 6 nitrogen and oxygen atoms in total. The number of pyridine rings is 1. The fourth-order valence-corrected chi connectivity index (χ4v) is 3.35. The van der Waals surface area contributed by atoms with Gasteiger partial charge in [0.2, 0.25) is 5.88 Å². The van der Waals surface area contributed by atoms with E-state index in [0.29, 0.717) is 18.5 Å². The molecule has 0 radical (unpaired) electrons. The molecule has 114 valence electrons. The van der Waals surface area contributed by atoms with Crippen molar-refractivity contribution in [3.63, 3.8) is 0 Å². The van der Waals surface area contributed by atoms with E-state index in [2.05, 4.69) is 19.9 Å². The topological polar surface area (TPSA) is 60.4 Å². The van der Waals surface area contributed by atoms with Gasteiger partial charge in [0.25, 0.3) is 0 Å². The third-order valence-corrected chi connectivity index (χ3v) is 4.31. The maximum Gasteiger partial charge on any atom is 0.213 e. The SMILES string of the molecule is c1ccc(O[C@@H]2CC[C@@H]3[C@@H]2OCCN3c2ccncn2)nc1. The lowest BCUT2D eigenvalue weighted by atomic mass is 10.1. The molecule has 1 saturated heterocycles.